The average molecular weight is 417 g/mol. The quantitative estimate of drug-likeness (QED) is 0.627. The second kappa shape index (κ2) is 7.63. The molecule has 0 atom stereocenters. The van der Waals surface area contributed by atoms with Gasteiger partial charge in [-0.05, 0) is 59.9 Å². The van der Waals surface area contributed by atoms with Gasteiger partial charge in [-0.15, -0.1) is 0 Å². The number of amides is 1. The van der Waals surface area contributed by atoms with Crippen LogP contribution >= 0.6 is 0 Å². The first-order valence-electron chi connectivity index (χ1n) is 10.2. The van der Waals surface area contributed by atoms with Crippen molar-refractivity contribution in [3.8, 4) is 28.4 Å². The highest BCUT2D eigenvalue weighted by atomic mass is 16.7. The molecule has 31 heavy (non-hydrogen) atoms. The number of methoxy groups -OCH3 is 1. The SMILES string of the molecule is COc1ccc(NC(=O)C2(c3ccc4c(c3)OCO4)CC2)cc1-c1ccc(CO)cc1. The molecule has 1 amide bonds. The number of anilines is 1. The van der Waals surface area contributed by atoms with Crippen LogP contribution < -0.4 is 19.5 Å². The lowest BCUT2D eigenvalue weighted by Gasteiger charge is -2.18. The van der Waals surface area contributed by atoms with Gasteiger partial charge in [0.05, 0.1) is 19.1 Å². The van der Waals surface area contributed by atoms with Gasteiger partial charge in [-0.1, -0.05) is 30.3 Å². The molecule has 2 N–H and O–H groups in total. The maximum Gasteiger partial charge on any atom is 0.235 e. The highest BCUT2D eigenvalue weighted by Gasteiger charge is 2.51. The van der Waals surface area contributed by atoms with Gasteiger partial charge < -0.3 is 24.6 Å². The normalized spacial score (nSPS) is 15.4. The molecule has 1 aliphatic heterocycles. The van der Waals surface area contributed by atoms with E-state index < -0.39 is 5.41 Å². The highest BCUT2D eigenvalue weighted by Crippen LogP contribution is 2.51. The minimum atomic E-state index is -0.538. The number of hydrogen-bond acceptors (Lipinski definition) is 5. The third kappa shape index (κ3) is 3.49. The summed E-state index contributed by atoms with van der Waals surface area (Å²) in [7, 11) is 1.62. The summed E-state index contributed by atoms with van der Waals surface area (Å²) >= 11 is 0. The van der Waals surface area contributed by atoms with Crippen LogP contribution in [-0.4, -0.2) is 24.9 Å². The second-order valence-electron chi connectivity index (χ2n) is 7.87. The third-order valence-electron chi connectivity index (χ3n) is 6.01. The molecule has 1 saturated carbocycles. The Labute approximate surface area is 180 Å². The average Bonchev–Trinajstić information content (AvgIpc) is 3.50. The van der Waals surface area contributed by atoms with Crippen LogP contribution in [0.4, 0.5) is 5.69 Å². The van der Waals surface area contributed by atoms with Gasteiger partial charge in [0.2, 0.25) is 12.7 Å². The van der Waals surface area contributed by atoms with Gasteiger partial charge in [0, 0.05) is 11.3 Å². The summed E-state index contributed by atoms with van der Waals surface area (Å²) in [5.74, 6) is 2.09. The van der Waals surface area contributed by atoms with Crippen molar-refractivity contribution in [2.75, 3.05) is 19.2 Å². The van der Waals surface area contributed by atoms with Crippen molar-refractivity contribution < 1.29 is 24.1 Å². The molecule has 1 aliphatic carbocycles. The molecule has 158 valence electrons. The Morgan fingerprint density at radius 3 is 2.52 bits per heavy atom. The number of carbonyl (C=O) groups excluding carboxylic acids is 1. The van der Waals surface area contributed by atoms with E-state index in [4.69, 9.17) is 14.2 Å². The standard InChI is InChI=1S/C25H23NO5/c1-29-21-9-7-19(13-20(21)17-4-2-16(14-27)3-5-17)26-24(28)25(10-11-25)18-6-8-22-23(12-18)31-15-30-22/h2-9,12-13,27H,10-11,14-15H2,1H3,(H,26,28). The Kier molecular flexibility index (Phi) is 4.79. The smallest absolute Gasteiger partial charge is 0.235 e. The third-order valence-corrected chi connectivity index (χ3v) is 6.01. The maximum absolute atomic E-state index is 13.2. The fourth-order valence-electron chi connectivity index (χ4n) is 4.02. The molecule has 0 radical (unpaired) electrons. The number of aliphatic hydroxyl groups excluding tert-OH is 1. The van der Waals surface area contributed by atoms with Gasteiger partial charge in [0.25, 0.3) is 0 Å². The molecule has 5 rings (SSSR count). The number of hydrogen-bond donors (Lipinski definition) is 2. The molecule has 2 aliphatic rings. The molecule has 6 nitrogen and oxygen atoms in total. The Bertz CT molecular complexity index is 1140. The number of ether oxygens (including phenoxy) is 3. The first-order valence-corrected chi connectivity index (χ1v) is 10.2. The van der Waals surface area contributed by atoms with Crippen molar-refractivity contribution in [2.24, 2.45) is 0 Å². The summed E-state index contributed by atoms with van der Waals surface area (Å²) < 4.78 is 16.4. The van der Waals surface area contributed by atoms with Crippen molar-refractivity contribution in [2.45, 2.75) is 24.9 Å². The number of carbonyl (C=O) groups is 1. The fraction of sp³-hybridized carbons (Fsp3) is 0.240. The molecule has 0 unspecified atom stereocenters. The predicted octanol–water partition coefficient (Wildman–Crippen LogP) is 4.25. The van der Waals surface area contributed by atoms with Crippen LogP contribution in [0.15, 0.2) is 60.7 Å². The van der Waals surface area contributed by atoms with Crippen molar-refractivity contribution >= 4 is 11.6 Å². The molecule has 0 spiro atoms. The number of benzene rings is 3. The summed E-state index contributed by atoms with van der Waals surface area (Å²) in [4.78, 5) is 13.2. The van der Waals surface area contributed by atoms with Gasteiger partial charge in [-0.2, -0.15) is 0 Å². The van der Waals surface area contributed by atoms with E-state index in [0.717, 1.165) is 35.1 Å². The first kappa shape index (κ1) is 19.5. The lowest BCUT2D eigenvalue weighted by atomic mass is 9.94. The van der Waals surface area contributed by atoms with Crippen LogP contribution in [0.25, 0.3) is 11.1 Å². The van der Waals surface area contributed by atoms with Crippen LogP contribution in [0.3, 0.4) is 0 Å². The molecule has 1 fully saturated rings. The van der Waals surface area contributed by atoms with Crippen molar-refractivity contribution in [3.05, 3.63) is 71.8 Å². The van der Waals surface area contributed by atoms with Crippen LogP contribution in [0, 0.1) is 0 Å². The second-order valence-corrected chi connectivity index (χ2v) is 7.87. The van der Waals surface area contributed by atoms with E-state index in [9.17, 15) is 9.90 Å². The number of nitrogens with one attached hydrogen (secondary N) is 1. The molecule has 6 heteroatoms. The van der Waals surface area contributed by atoms with Gasteiger partial charge in [-0.25, -0.2) is 0 Å². The number of aliphatic hydroxyl groups is 1. The Hall–Kier alpha value is -3.51. The van der Waals surface area contributed by atoms with Crippen molar-refractivity contribution in [1.82, 2.24) is 0 Å². The topological polar surface area (TPSA) is 77.0 Å². The highest BCUT2D eigenvalue weighted by molar-refractivity contribution is 6.02. The van der Waals surface area contributed by atoms with E-state index in [0.29, 0.717) is 22.9 Å². The van der Waals surface area contributed by atoms with E-state index in [1.54, 1.807) is 7.11 Å². The van der Waals surface area contributed by atoms with Gasteiger partial charge in [0.1, 0.15) is 5.75 Å². The predicted molar refractivity (Wildman–Crippen MR) is 116 cm³/mol. The lowest BCUT2D eigenvalue weighted by molar-refractivity contribution is -0.118. The largest absolute Gasteiger partial charge is 0.496 e. The monoisotopic (exact) mass is 417 g/mol. The molecule has 3 aromatic carbocycles. The zero-order valence-electron chi connectivity index (χ0n) is 17.2. The van der Waals surface area contributed by atoms with E-state index in [2.05, 4.69) is 5.32 Å². The molecule has 0 saturated heterocycles. The zero-order valence-corrected chi connectivity index (χ0v) is 17.2. The van der Waals surface area contributed by atoms with E-state index in [1.807, 2.05) is 60.7 Å². The Balaban J connectivity index is 1.41. The van der Waals surface area contributed by atoms with E-state index in [1.165, 1.54) is 0 Å². The van der Waals surface area contributed by atoms with Gasteiger partial charge in [-0.3, -0.25) is 4.79 Å². The van der Waals surface area contributed by atoms with Gasteiger partial charge in [0.15, 0.2) is 11.5 Å². The molecule has 0 aromatic heterocycles. The first-order chi connectivity index (χ1) is 15.1. The van der Waals surface area contributed by atoms with Crippen molar-refractivity contribution in [1.29, 1.82) is 0 Å². The fourth-order valence-corrected chi connectivity index (χ4v) is 4.02. The summed E-state index contributed by atoms with van der Waals surface area (Å²) in [6.45, 7) is 0.210. The van der Waals surface area contributed by atoms with Crippen LogP contribution in [0.5, 0.6) is 17.2 Å². The van der Waals surface area contributed by atoms with Gasteiger partial charge >= 0.3 is 0 Å². The summed E-state index contributed by atoms with van der Waals surface area (Å²) in [6, 6.07) is 19.0. The molecular formula is C25H23NO5. The number of fused-ring (bicyclic) bond motifs is 1. The summed E-state index contributed by atoms with van der Waals surface area (Å²) in [6.07, 6.45) is 1.59. The Morgan fingerprint density at radius 1 is 1.03 bits per heavy atom. The molecule has 1 heterocycles. The summed E-state index contributed by atoms with van der Waals surface area (Å²) in [5, 5.41) is 12.4. The maximum atomic E-state index is 13.2. The lowest BCUT2D eigenvalue weighted by Crippen LogP contribution is -2.27. The van der Waals surface area contributed by atoms with Crippen LogP contribution in [0.1, 0.15) is 24.0 Å². The van der Waals surface area contributed by atoms with Crippen LogP contribution in [-0.2, 0) is 16.8 Å². The van der Waals surface area contributed by atoms with E-state index in [-0.39, 0.29) is 19.3 Å². The zero-order chi connectivity index (χ0) is 21.4. The Morgan fingerprint density at radius 2 is 1.81 bits per heavy atom. The minimum absolute atomic E-state index is 0.00451. The van der Waals surface area contributed by atoms with Crippen molar-refractivity contribution in [3.63, 3.8) is 0 Å². The summed E-state index contributed by atoms with van der Waals surface area (Å²) in [5.41, 5.74) is 3.78. The number of rotatable bonds is 6. The van der Waals surface area contributed by atoms with Crippen LogP contribution in [0.2, 0.25) is 0 Å². The van der Waals surface area contributed by atoms with E-state index >= 15 is 0 Å². The molecule has 0 bridgehead atoms. The molecular weight excluding hydrogens is 394 g/mol. The minimum Gasteiger partial charge on any atom is -0.496 e. The molecule has 3 aromatic rings.